The monoisotopic (exact) mass is 626 g/mol. The van der Waals surface area contributed by atoms with Crippen LogP contribution in [0, 0.1) is 11.3 Å². The summed E-state index contributed by atoms with van der Waals surface area (Å²) in [5.41, 5.74) is 4.40. The van der Waals surface area contributed by atoms with Gasteiger partial charge in [0.2, 0.25) is 0 Å². The number of rotatable bonds is 23. The lowest BCUT2D eigenvalue weighted by molar-refractivity contribution is -0.142. The molecule has 0 aliphatic carbocycles. The van der Waals surface area contributed by atoms with Crippen LogP contribution in [0.1, 0.15) is 136 Å². The van der Waals surface area contributed by atoms with E-state index in [1.165, 1.54) is 12.1 Å². The van der Waals surface area contributed by atoms with Gasteiger partial charge < -0.3 is 5.73 Å². The Kier molecular flexibility index (Phi) is 25.5. The Balaban J connectivity index is 0. The summed E-state index contributed by atoms with van der Waals surface area (Å²) in [4.78, 5) is 38.9. The van der Waals surface area contributed by atoms with Gasteiger partial charge in [-0.2, -0.15) is 5.26 Å². The summed E-state index contributed by atoms with van der Waals surface area (Å²) in [6.07, 6.45) is 15.8. The fourth-order valence-electron chi connectivity index (χ4n) is 4.52. The summed E-state index contributed by atoms with van der Waals surface area (Å²) in [6.45, 7) is 6.44. The molecule has 0 unspecified atom stereocenters. The van der Waals surface area contributed by atoms with Crippen molar-refractivity contribution >= 4 is 39.6 Å². The number of ketones is 3. The van der Waals surface area contributed by atoms with Crippen LogP contribution in [0.15, 0.2) is 35.2 Å². The van der Waals surface area contributed by atoms with Gasteiger partial charge in [-0.25, -0.2) is 8.42 Å². The van der Waals surface area contributed by atoms with Crippen molar-refractivity contribution in [2.45, 2.75) is 147 Å². The first-order valence-electron chi connectivity index (χ1n) is 15.6. The molecule has 2 N–H and O–H groups in total. The van der Waals surface area contributed by atoms with E-state index in [0.717, 1.165) is 77.0 Å². The molecule has 1 aromatic carbocycles. The first-order chi connectivity index (χ1) is 19.6. The van der Waals surface area contributed by atoms with Gasteiger partial charge in [0.05, 0.1) is 11.0 Å². The summed E-state index contributed by atoms with van der Waals surface area (Å²) in [6, 6.07) is 9.56. The van der Waals surface area contributed by atoms with E-state index in [-0.39, 0.29) is 53.9 Å². The van der Waals surface area contributed by atoms with E-state index < -0.39 is 21.1 Å². The summed E-state index contributed by atoms with van der Waals surface area (Å²) in [5.74, 6) is -1.53. The highest BCUT2D eigenvalue weighted by Crippen LogP contribution is 2.20. The predicted octanol–water partition coefficient (Wildman–Crippen LogP) is 7.88. The van der Waals surface area contributed by atoms with Crippen molar-refractivity contribution < 1.29 is 22.8 Å². The van der Waals surface area contributed by atoms with Gasteiger partial charge >= 0.3 is 0 Å². The Bertz CT molecular complexity index is 958. The topological polar surface area (TPSA) is 135 Å². The summed E-state index contributed by atoms with van der Waals surface area (Å²) in [5, 5.41) is 8.23. The Morgan fingerprint density at radius 2 is 1.00 bits per heavy atom. The second kappa shape index (κ2) is 25.4. The maximum Gasteiger partial charge on any atom is 0.193 e. The molecule has 0 aliphatic rings. The van der Waals surface area contributed by atoms with Crippen molar-refractivity contribution in [3.8, 4) is 6.07 Å². The minimum Gasteiger partial charge on any atom is -0.307 e. The normalized spacial score (nSPS) is 11.0. The molecule has 0 spiro atoms. The van der Waals surface area contributed by atoms with Gasteiger partial charge in [-0.1, -0.05) is 116 Å². The Morgan fingerprint density at radius 3 is 1.31 bits per heavy atom. The SMILES string of the molecule is CCCCCCCC(=O)C(N)(C(=O)CCCCCCC)C(=O)CCCCCCC.Cl.N#CCS(=O)(=O)c1ccccc1. The largest absolute Gasteiger partial charge is 0.307 e. The molecule has 0 fully saturated rings. The van der Waals surface area contributed by atoms with Crippen molar-refractivity contribution in [2.24, 2.45) is 5.73 Å². The second-order valence-corrected chi connectivity index (χ2v) is 12.8. The average Bonchev–Trinajstić information content (AvgIpc) is 2.96. The van der Waals surface area contributed by atoms with Gasteiger partial charge in [-0.05, 0) is 31.4 Å². The number of sulfone groups is 1. The van der Waals surface area contributed by atoms with Crippen LogP contribution in [0.5, 0.6) is 0 Å². The molecule has 240 valence electrons. The summed E-state index contributed by atoms with van der Waals surface area (Å²) < 4.78 is 22.4. The number of halogens is 1. The Hall–Kier alpha value is -2.08. The molecule has 0 amide bonds. The number of hydrogen-bond acceptors (Lipinski definition) is 7. The highest BCUT2D eigenvalue weighted by Gasteiger charge is 2.46. The molecule has 0 atom stereocenters. The third kappa shape index (κ3) is 17.1. The minimum absolute atomic E-state index is 0. The summed E-state index contributed by atoms with van der Waals surface area (Å²) in [7, 11) is -3.37. The molecule has 7 nitrogen and oxygen atoms in total. The van der Waals surface area contributed by atoms with E-state index in [0.29, 0.717) is 19.3 Å². The molecule has 1 rings (SSSR count). The highest BCUT2D eigenvalue weighted by atomic mass is 35.5. The van der Waals surface area contributed by atoms with E-state index in [1.807, 2.05) is 0 Å². The quantitative estimate of drug-likeness (QED) is 0.0963. The fraction of sp³-hybridized carbons (Fsp3) is 0.697. The number of carbonyl (C=O) groups is 3. The van der Waals surface area contributed by atoms with Crippen molar-refractivity contribution in [1.29, 1.82) is 5.26 Å². The molecular formula is C33H55ClN2O5S. The van der Waals surface area contributed by atoms with E-state index in [2.05, 4.69) is 20.8 Å². The van der Waals surface area contributed by atoms with Crippen molar-refractivity contribution in [3.63, 3.8) is 0 Å². The van der Waals surface area contributed by atoms with Gasteiger partial charge in [-0.3, -0.25) is 14.4 Å². The number of hydrogen-bond donors (Lipinski definition) is 1. The first kappa shape index (κ1) is 42.1. The van der Waals surface area contributed by atoms with Gasteiger partial charge in [0.15, 0.2) is 32.7 Å². The molecule has 0 aliphatic heterocycles. The number of nitrogens with zero attached hydrogens (tertiary/aromatic N) is 1. The zero-order valence-electron chi connectivity index (χ0n) is 26.2. The Labute approximate surface area is 261 Å². The van der Waals surface area contributed by atoms with Crippen LogP contribution < -0.4 is 5.73 Å². The number of nitrogens with two attached hydrogens (primary N) is 1. The zero-order valence-corrected chi connectivity index (χ0v) is 27.8. The number of carbonyl (C=O) groups excluding carboxylic acids is 3. The van der Waals surface area contributed by atoms with Crippen LogP contribution in [0.3, 0.4) is 0 Å². The molecular weight excluding hydrogens is 572 g/mol. The van der Waals surface area contributed by atoms with E-state index in [4.69, 9.17) is 11.0 Å². The lowest BCUT2D eigenvalue weighted by Crippen LogP contribution is -2.61. The van der Waals surface area contributed by atoms with Crippen molar-refractivity contribution in [2.75, 3.05) is 5.75 Å². The summed E-state index contributed by atoms with van der Waals surface area (Å²) >= 11 is 0. The molecule has 0 radical (unpaired) electrons. The molecule has 0 heterocycles. The Morgan fingerprint density at radius 1 is 0.667 bits per heavy atom. The molecule has 0 aromatic heterocycles. The van der Waals surface area contributed by atoms with Crippen LogP contribution >= 0.6 is 12.4 Å². The second-order valence-electron chi connectivity index (χ2n) is 10.8. The lowest BCUT2D eigenvalue weighted by Gasteiger charge is -2.25. The first-order valence-corrected chi connectivity index (χ1v) is 17.3. The molecule has 1 aromatic rings. The van der Waals surface area contributed by atoms with E-state index in [1.54, 1.807) is 24.3 Å². The van der Waals surface area contributed by atoms with Gasteiger partial charge in [0.1, 0.15) is 5.75 Å². The molecule has 42 heavy (non-hydrogen) atoms. The third-order valence-electron chi connectivity index (χ3n) is 7.20. The zero-order chi connectivity index (χ0) is 31.0. The standard InChI is InChI=1S/C25H47NO3.C8H7NO2S.ClH/c1-4-7-10-13-16-19-22(27)25(26,23(28)20-17-14-11-8-5-2)24(29)21-18-15-12-9-6-3;9-6-7-12(10,11)8-4-2-1-3-5-8;/h4-21,26H2,1-3H3;1-5H,7H2;1H. The fourth-order valence-corrected chi connectivity index (χ4v) is 5.43. The molecule has 0 bridgehead atoms. The smallest absolute Gasteiger partial charge is 0.193 e. The van der Waals surface area contributed by atoms with Crippen LogP contribution in [-0.4, -0.2) is 37.1 Å². The molecule has 0 saturated heterocycles. The van der Waals surface area contributed by atoms with Gasteiger partial charge in [0, 0.05) is 19.3 Å². The number of nitriles is 1. The maximum atomic E-state index is 12.9. The van der Waals surface area contributed by atoms with Gasteiger partial charge in [0.25, 0.3) is 0 Å². The molecule has 0 saturated carbocycles. The van der Waals surface area contributed by atoms with Crippen LogP contribution in [0.2, 0.25) is 0 Å². The van der Waals surface area contributed by atoms with Crippen molar-refractivity contribution in [3.05, 3.63) is 30.3 Å². The number of Topliss-reactive ketones (excluding diaryl/α,β-unsaturated/α-hetero) is 3. The van der Waals surface area contributed by atoms with Crippen LogP contribution in [-0.2, 0) is 24.2 Å². The third-order valence-corrected chi connectivity index (χ3v) is 8.70. The van der Waals surface area contributed by atoms with E-state index in [9.17, 15) is 22.8 Å². The molecule has 9 heteroatoms. The van der Waals surface area contributed by atoms with Crippen LogP contribution in [0.25, 0.3) is 0 Å². The van der Waals surface area contributed by atoms with Crippen LogP contribution in [0.4, 0.5) is 0 Å². The highest BCUT2D eigenvalue weighted by molar-refractivity contribution is 7.91. The average molecular weight is 627 g/mol. The van der Waals surface area contributed by atoms with Crippen molar-refractivity contribution in [1.82, 2.24) is 0 Å². The number of unbranched alkanes of at least 4 members (excludes halogenated alkanes) is 12. The van der Waals surface area contributed by atoms with E-state index >= 15 is 0 Å². The number of benzene rings is 1. The maximum absolute atomic E-state index is 12.9. The van der Waals surface area contributed by atoms with Gasteiger partial charge in [-0.15, -0.1) is 12.4 Å². The minimum atomic E-state index is -3.37. The predicted molar refractivity (Wildman–Crippen MR) is 173 cm³/mol. The lowest BCUT2D eigenvalue weighted by atomic mass is 9.79.